The van der Waals surface area contributed by atoms with Crippen molar-refractivity contribution >= 4 is 0 Å². The Labute approximate surface area is 78.7 Å². The van der Waals surface area contributed by atoms with Crippen molar-refractivity contribution in [3.63, 3.8) is 0 Å². The van der Waals surface area contributed by atoms with Gasteiger partial charge in [-0.3, -0.25) is 4.68 Å². The van der Waals surface area contributed by atoms with E-state index in [2.05, 4.69) is 5.10 Å². The summed E-state index contributed by atoms with van der Waals surface area (Å²) in [6, 6.07) is 0.0478. The number of nitrogens with two attached hydrogens (primary N) is 1. The van der Waals surface area contributed by atoms with Crippen molar-refractivity contribution < 1.29 is 4.74 Å². The molecule has 2 atom stereocenters. The van der Waals surface area contributed by atoms with Crippen LogP contribution in [0.25, 0.3) is 0 Å². The van der Waals surface area contributed by atoms with Gasteiger partial charge in [0.1, 0.15) is 0 Å². The summed E-state index contributed by atoms with van der Waals surface area (Å²) in [6.07, 6.45) is 3.94. The largest absolute Gasteiger partial charge is 0.380 e. The first-order valence-corrected chi connectivity index (χ1v) is 4.44. The summed E-state index contributed by atoms with van der Waals surface area (Å²) in [7, 11) is 1.70. The SMILES string of the molecule is COC(C)Cn1cc(C(C)N)cn1. The molecule has 0 amide bonds. The van der Waals surface area contributed by atoms with Crippen molar-refractivity contribution in [1.82, 2.24) is 9.78 Å². The highest BCUT2D eigenvalue weighted by atomic mass is 16.5. The van der Waals surface area contributed by atoms with Gasteiger partial charge in [0.15, 0.2) is 0 Å². The van der Waals surface area contributed by atoms with E-state index in [-0.39, 0.29) is 12.1 Å². The molecular formula is C9H17N3O. The molecule has 2 unspecified atom stereocenters. The van der Waals surface area contributed by atoms with Gasteiger partial charge in [-0.2, -0.15) is 5.10 Å². The molecule has 2 N–H and O–H groups in total. The van der Waals surface area contributed by atoms with Crippen LogP contribution in [0.1, 0.15) is 25.5 Å². The summed E-state index contributed by atoms with van der Waals surface area (Å²) in [4.78, 5) is 0. The van der Waals surface area contributed by atoms with E-state index in [9.17, 15) is 0 Å². The van der Waals surface area contributed by atoms with Crippen molar-refractivity contribution in [3.8, 4) is 0 Å². The van der Waals surface area contributed by atoms with Crippen molar-refractivity contribution in [2.24, 2.45) is 5.73 Å². The van der Waals surface area contributed by atoms with Crippen LogP contribution in [-0.2, 0) is 11.3 Å². The highest BCUT2D eigenvalue weighted by Gasteiger charge is 2.05. The lowest BCUT2D eigenvalue weighted by Gasteiger charge is -2.08. The number of ether oxygens (including phenoxy) is 1. The van der Waals surface area contributed by atoms with Crippen molar-refractivity contribution in [2.45, 2.75) is 32.5 Å². The first-order chi connectivity index (χ1) is 6.13. The first-order valence-electron chi connectivity index (χ1n) is 4.44. The zero-order chi connectivity index (χ0) is 9.84. The molecule has 1 heterocycles. The van der Waals surface area contributed by atoms with E-state index in [0.717, 1.165) is 12.1 Å². The van der Waals surface area contributed by atoms with Gasteiger partial charge < -0.3 is 10.5 Å². The molecule has 74 valence electrons. The van der Waals surface area contributed by atoms with Crippen LogP contribution >= 0.6 is 0 Å². The van der Waals surface area contributed by atoms with Crippen LogP contribution < -0.4 is 5.73 Å². The topological polar surface area (TPSA) is 53.1 Å². The highest BCUT2D eigenvalue weighted by molar-refractivity contribution is 5.08. The molecule has 0 aliphatic carbocycles. The Morgan fingerprint density at radius 3 is 2.77 bits per heavy atom. The maximum Gasteiger partial charge on any atom is 0.0739 e. The molecule has 1 aromatic rings. The highest BCUT2D eigenvalue weighted by Crippen LogP contribution is 2.07. The van der Waals surface area contributed by atoms with Gasteiger partial charge in [0.25, 0.3) is 0 Å². The first kappa shape index (κ1) is 10.2. The number of hydrogen-bond donors (Lipinski definition) is 1. The molecule has 4 heteroatoms. The molecule has 13 heavy (non-hydrogen) atoms. The van der Waals surface area contributed by atoms with Crippen LogP contribution in [0.5, 0.6) is 0 Å². The van der Waals surface area contributed by atoms with Crippen LogP contribution in [0, 0.1) is 0 Å². The van der Waals surface area contributed by atoms with E-state index in [1.165, 1.54) is 0 Å². The average molecular weight is 183 g/mol. The van der Waals surface area contributed by atoms with Crippen LogP contribution in [0.2, 0.25) is 0 Å². The van der Waals surface area contributed by atoms with Crippen LogP contribution in [0.15, 0.2) is 12.4 Å². The Morgan fingerprint density at radius 1 is 1.62 bits per heavy atom. The lowest BCUT2D eigenvalue weighted by molar-refractivity contribution is 0.0998. The summed E-state index contributed by atoms with van der Waals surface area (Å²) in [5, 5.41) is 4.18. The Kier molecular flexibility index (Phi) is 3.45. The third-order valence-electron chi connectivity index (χ3n) is 2.03. The van der Waals surface area contributed by atoms with Crippen LogP contribution in [-0.4, -0.2) is 23.0 Å². The fraction of sp³-hybridized carbons (Fsp3) is 0.667. The maximum atomic E-state index is 5.71. The monoisotopic (exact) mass is 183 g/mol. The molecule has 0 radical (unpaired) electrons. The zero-order valence-corrected chi connectivity index (χ0v) is 8.40. The van der Waals surface area contributed by atoms with Crippen molar-refractivity contribution in [3.05, 3.63) is 18.0 Å². The summed E-state index contributed by atoms with van der Waals surface area (Å²) in [5.41, 5.74) is 6.76. The van der Waals surface area contributed by atoms with Gasteiger partial charge >= 0.3 is 0 Å². The van der Waals surface area contributed by atoms with Gasteiger partial charge in [-0.1, -0.05) is 0 Å². The molecule has 0 fully saturated rings. The third kappa shape index (κ3) is 2.82. The maximum absolute atomic E-state index is 5.71. The van der Waals surface area contributed by atoms with E-state index >= 15 is 0 Å². The number of aromatic nitrogens is 2. The quantitative estimate of drug-likeness (QED) is 0.755. The smallest absolute Gasteiger partial charge is 0.0739 e. The molecule has 0 bridgehead atoms. The molecule has 0 saturated carbocycles. The van der Waals surface area contributed by atoms with Gasteiger partial charge in [0.05, 0.1) is 18.8 Å². The predicted octanol–water partition coefficient (Wildman–Crippen LogP) is 0.938. The molecule has 4 nitrogen and oxygen atoms in total. The average Bonchev–Trinajstić information content (AvgIpc) is 2.52. The molecule has 0 aromatic carbocycles. The van der Waals surface area contributed by atoms with Crippen molar-refractivity contribution in [1.29, 1.82) is 0 Å². The van der Waals surface area contributed by atoms with E-state index in [4.69, 9.17) is 10.5 Å². The Hall–Kier alpha value is -0.870. The summed E-state index contributed by atoms with van der Waals surface area (Å²) < 4.78 is 6.99. The van der Waals surface area contributed by atoms with Crippen LogP contribution in [0.4, 0.5) is 0 Å². The zero-order valence-electron chi connectivity index (χ0n) is 8.40. The minimum atomic E-state index is 0.0478. The molecule has 0 saturated heterocycles. The number of rotatable bonds is 4. The standard InChI is InChI=1S/C9H17N3O/c1-7(13-3)5-12-6-9(4-11-12)8(2)10/h4,6-8H,5,10H2,1-3H3. The summed E-state index contributed by atoms with van der Waals surface area (Å²) in [5.74, 6) is 0. The molecule has 0 aliphatic heterocycles. The fourth-order valence-electron chi connectivity index (χ4n) is 1.05. The van der Waals surface area contributed by atoms with Gasteiger partial charge in [0.2, 0.25) is 0 Å². The number of nitrogens with zero attached hydrogens (tertiary/aromatic N) is 2. The fourth-order valence-corrected chi connectivity index (χ4v) is 1.05. The normalized spacial score (nSPS) is 15.7. The Balaban J connectivity index is 2.58. The summed E-state index contributed by atoms with van der Waals surface area (Å²) in [6.45, 7) is 4.72. The molecule has 0 spiro atoms. The minimum Gasteiger partial charge on any atom is -0.380 e. The number of hydrogen-bond acceptors (Lipinski definition) is 3. The van der Waals surface area contributed by atoms with E-state index in [1.54, 1.807) is 13.3 Å². The van der Waals surface area contributed by atoms with E-state index < -0.39 is 0 Å². The molecular weight excluding hydrogens is 166 g/mol. The van der Waals surface area contributed by atoms with E-state index in [0.29, 0.717) is 0 Å². The molecule has 1 rings (SSSR count). The second-order valence-corrected chi connectivity index (χ2v) is 3.33. The minimum absolute atomic E-state index is 0.0478. The van der Waals surface area contributed by atoms with Crippen LogP contribution in [0.3, 0.4) is 0 Å². The Morgan fingerprint density at radius 2 is 2.31 bits per heavy atom. The second kappa shape index (κ2) is 4.39. The lowest BCUT2D eigenvalue weighted by atomic mass is 10.2. The summed E-state index contributed by atoms with van der Waals surface area (Å²) >= 11 is 0. The van der Waals surface area contributed by atoms with Crippen molar-refractivity contribution in [2.75, 3.05) is 7.11 Å². The predicted molar refractivity (Wildman–Crippen MR) is 51.3 cm³/mol. The lowest BCUT2D eigenvalue weighted by Crippen LogP contribution is -2.14. The molecule has 0 aliphatic rings. The molecule has 1 aromatic heterocycles. The van der Waals surface area contributed by atoms with Gasteiger partial charge in [-0.05, 0) is 13.8 Å². The second-order valence-electron chi connectivity index (χ2n) is 3.33. The van der Waals surface area contributed by atoms with E-state index in [1.807, 2.05) is 24.7 Å². The third-order valence-corrected chi connectivity index (χ3v) is 2.03. The van der Waals surface area contributed by atoms with Gasteiger partial charge in [-0.25, -0.2) is 0 Å². The number of methoxy groups -OCH3 is 1. The Bertz CT molecular complexity index is 257. The van der Waals surface area contributed by atoms with Gasteiger partial charge in [-0.15, -0.1) is 0 Å². The van der Waals surface area contributed by atoms with Gasteiger partial charge in [0, 0.05) is 24.9 Å².